The largest absolute Gasteiger partial charge is 0.481 e. The summed E-state index contributed by atoms with van der Waals surface area (Å²) in [5, 5.41) is 9.15. The van der Waals surface area contributed by atoms with E-state index in [1.807, 2.05) is 37.2 Å². The summed E-state index contributed by atoms with van der Waals surface area (Å²) in [6, 6.07) is 6.02. The number of benzene rings is 1. The highest BCUT2D eigenvalue weighted by atomic mass is 16.4. The Morgan fingerprint density at radius 1 is 1.47 bits per heavy atom. The number of fused-ring (bicyclic) bond motifs is 1. The van der Waals surface area contributed by atoms with Crippen molar-refractivity contribution in [1.82, 2.24) is 0 Å². The lowest BCUT2D eigenvalue weighted by Crippen LogP contribution is -2.15. The molecule has 3 heteroatoms. The molecule has 0 amide bonds. The van der Waals surface area contributed by atoms with E-state index in [0.29, 0.717) is 0 Å². The maximum Gasteiger partial charge on any atom is 0.311 e. The lowest BCUT2D eigenvalue weighted by Gasteiger charge is -2.19. The van der Waals surface area contributed by atoms with Crippen LogP contribution < -0.4 is 4.90 Å². The summed E-state index contributed by atoms with van der Waals surface area (Å²) >= 11 is 0. The predicted octanol–water partition coefficient (Wildman–Crippen LogP) is 1.87. The Hall–Kier alpha value is -1.51. The summed E-state index contributed by atoms with van der Waals surface area (Å²) in [6.45, 7) is 0. The van der Waals surface area contributed by atoms with Crippen LogP contribution >= 0.6 is 0 Å². The van der Waals surface area contributed by atoms with E-state index >= 15 is 0 Å². The Bertz CT molecular complexity index is 399. The van der Waals surface area contributed by atoms with Gasteiger partial charge in [-0.3, -0.25) is 4.79 Å². The SMILES string of the molecule is CN(C)c1cccc2c1C(C(=O)O)CC2. The molecule has 0 bridgehead atoms. The van der Waals surface area contributed by atoms with Crippen molar-refractivity contribution in [2.75, 3.05) is 19.0 Å². The molecule has 80 valence electrons. The van der Waals surface area contributed by atoms with Crippen LogP contribution in [0.4, 0.5) is 5.69 Å². The number of hydrogen-bond donors (Lipinski definition) is 1. The fourth-order valence-electron chi connectivity index (χ4n) is 2.30. The van der Waals surface area contributed by atoms with Gasteiger partial charge >= 0.3 is 5.97 Å². The fraction of sp³-hybridized carbons (Fsp3) is 0.417. The zero-order valence-electron chi connectivity index (χ0n) is 9.03. The second-order valence-electron chi connectivity index (χ2n) is 4.17. The zero-order valence-corrected chi connectivity index (χ0v) is 9.03. The van der Waals surface area contributed by atoms with E-state index in [9.17, 15) is 4.79 Å². The first kappa shape index (κ1) is 10.0. The molecule has 0 radical (unpaired) electrons. The lowest BCUT2D eigenvalue weighted by molar-refractivity contribution is -0.138. The van der Waals surface area contributed by atoms with Gasteiger partial charge in [-0.15, -0.1) is 0 Å². The number of carboxylic acids is 1. The van der Waals surface area contributed by atoms with E-state index in [0.717, 1.165) is 24.1 Å². The predicted molar refractivity (Wildman–Crippen MR) is 59.5 cm³/mol. The molecule has 0 heterocycles. The van der Waals surface area contributed by atoms with Crippen molar-refractivity contribution in [2.24, 2.45) is 0 Å². The molecule has 3 nitrogen and oxygen atoms in total. The average molecular weight is 205 g/mol. The van der Waals surface area contributed by atoms with Crippen LogP contribution in [-0.4, -0.2) is 25.2 Å². The van der Waals surface area contributed by atoms with Gasteiger partial charge in [0.1, 0.15) is 0 Å². The maximum absolute atomic E-state index is 11.1. The third-order valence-electron chi connectivity index (χ3n) is 3.00. The van der Waals surface area contributed by atoms with Crippen LogP contribution in [0.3, 0.4) is 0 Å². The maximum atomic E-state index is 11.1. The van der Waals surface area contributed by atoms with E-state index in [1.165, 1.54) is 5.56 Å². The quantitative estimate of drug-likeness (QED) is 0.801. The Morgan fingerprint density at radius 2 is 2.20 bits per heavy atom. The zero-order chi connectivity index (χ0) is 11.0. The molecule has 1 atom stereocenters. The van der Waals surface area contributed by atoms with Gasteiger partial charge in [0.2, 0.25) is 0 Å². The number of aryl methyl sites for hydroxylation is 1. The van der Waals surface area contributed by atoms with Crippen molar-refractivity contribution in [1.29, 1.82) is 0 Å². The molecule has 15 heavy (non-hydrogen) atoms. The number of anilines is 1. The van der Waals surface area contributed by atoms with Gasteiger partial charge in [-0.05, 0) is 30.0 Å². The third-order valence-corrected chi connectivity index (χ3v) is 3.00. The van der Waals surface area contributed by atoms with Gasteiger partial charge in [0, 0.05) is 19.8 Å². The molecular weight excluding hydrogens is 190 g/mol. The minimum Gasteiger partial charge on any atom is -0.481 e. The first-order valence-electron chi connectivity index (χ1n) is 5.13. The number of aliphatic carboxylic acids is 1. The summed E-state index contributed by atoms with van der Waals surface area (Å²) in [5.74, 6) is -1.03. The van der Waals surface area contributed by atoms with Crippen molar-refractivity contribution >= 4 is 11.7 Å². The van der Waals surface area contributed by atoms with E-state index in [2.05, 4.69) is 0 Å². The van der Waals surface area contributed by atoms with Gasteiger partial charge in [0.25, 0.3) is 0 Å². The molecular formula is C12H15NO2. The number of rotatable bonds is 2. The van der Waals surface area contributed by atoms with Crippen molar-refractivity contribution in [3.63, 3.8) is 0 Å². The standard InChI is InChI=1S/C12H15NO2/c1-13(2)10-5-3-4-8-6-7-9(11(8)10)12(14)15/h3-5,9H,6-7H2,1-2H3,(H,14,15). The van der Waals surface area contributed by atoms with Crippen LogP contribution in [0.1, 0.15) is 23.5 Å². The van der Waals surface area contributed by atoms with Crippen LogP contribution in [0.25, 0.3) is 0 Å². The minimum absolute atomic E-state index is 0.321. The van der Waals surface area contributed by atoms with Gasteiger partial charge in [0.15, 0.2) is 0 Å². The van der Waals surface area contributed by atoms with Gasteiger partial charge < -0.3 is 10.0 Å². The second-order valence-corrected chi connectivity index (χ2v) is 4.17. The molecule has 2 rings (SSSR count). The molecule has 1 unspecified atom stereocenters. The molecule has 0 saturated carbocycles. The molecule has 1 N–H and O–H groups in total. The topological polar surface area (TPSA) is 40.5 Å². The molecule has 1 aliphatic rings. The summed E-state index contributed by atoms with van der Waals surface area (Å²) < 4.78 is 0. The van der Waals surface area contributed by atoms with Crippen molar-refractivity contribution in [2.45, 2.75) is 18.8 Å². The van der Waals surface area contributed by atoms with Crippen LogP contribution in [0.5, 0.6) is 0 Å². The smallest absolute Gasteiger partial charge is 0.311 e. The Kier molecular flexibility index (Phi) is 2.39. The van der Waals surface area contributed by atoms with Crippen LogP contribution in [0, 0.1) is 0 Å². The monoisotopic (exact) mass is 205 g/mol. The summed E-state index contributed by atoms with van der Waals surface area (Å²) in [6.07, 6.45) is 1.61. The highest BCUT2D eigenvalue weighted by molar-refractivity contribution is 5.81. The van der Waals surface area contributed by atoms with Crippen LogP contribution in [-0.2, 0) is 11.2 Å². The van der Waals surface area contributed by atoms with E-state index in [-0.39, 0.29) is 5.92 Å². The van der Waals surface area contributed by atoms with Gasteiger partial charge in [-0.1, -0.05) is 12.1 Å². The van der Waals surface area contributed by atoms with Crippen LogP contribution in [0.2, 0.25) is 0 Å². The average Bonchev–Trinajstić information content (AvgIpc) is 2.60. The number of nitrogens with zero attached hydrogens (tertiary/aromatic N) is 1. The fourth-order valence-corrected chi connectivity index (χ4v) is 2.30. The molecule has 0 fully saturated rings. The minimum atomic E-state index is -0.706. The molecule has 1 aromatic rings. The van der Waals surface area contributed by atoms with Crippen molar-refractivity contribution in [3.8, 4) is 0 Å². The molecule has 0 aliphatic heterocycles. The highest BCUT2D eigenvalue weighted by Gasteiger charge is 2.30. The van der Waals surface area contributed by atoms with E-state index < -0.39 is 5.97 Å². The Morgan fingerprint density at radius 3 is 2.80 bits per heavy atom. The molecule has 1 aromatic carbocycles. The first-order valence-corrected chi connectivity index (χ1v) is 5.13. The Labute approximate surface area is 89.3 Å². The van der Waals surface area contributed by atoms with Crippen molar-refractivity contribution in [3.05, 3.63) is 29.3 Å². The molecule has 1 aliphatic carbocycles. The second kappa shape index (κ2) is 3.57. The summed E-state index contributed by atoms with van der Waals surface area (Å²) in [4.78, 5) is 13.1. The summed E-state index contributed by atoms with van der Waals surface area (Å²) in [5.41, 5.74) is 3.24. The number of hydrogen-bond acceptors (Lipinski definition) is 2. The van der Waals surface area contributed by atoms with Gasteiger partial charge in [-0.2, -0.15) is 0 Å². The molecule has 0 spiro atoms. The normalized spacial score (nSPS) is 18.7. The van der Waals surface area contributed by atoms with Crippen LogP contribution in [0.15, 0.2) is 18.2 Å². The van der Waals surface area contributed by atoms with E-state index in [4.69, 9.17) is 5.11 Å². The number of carboxylic acid groups (broad SMARTS) is 1. The first-order chi connectivity index (χ1) is 7.11. The number of carbonyl (C=O) groups is 1. The summed E-state index contributed by atoms with van der Waals surface area (Å²) in [7, 11) is 3.90. The third kappa shape index (κ3) is 1.58. The van der Waals surface area contributed by atoms with Gasteiger partial charge in [0.05, 0.1) is 5.92 Å². The van der Waals surface area contributed by atoms with E-state index in [1.54, 1.807) is 0 Å². The molecule has 0 saturated heterocycles. The lowest BCUT2D eigenvalue weighted by atomic mass is 9.99. The highest BCUT2D eigenvalue weighted by Crippen LogP contribution is 2.39. The van der Waals surface area contributed by atoms with Crippen molar-refractivity contribution < 1.29 is 9.90 Å². The van der Waals surface area contributed by atoms with Gasteiger partial charge in [-0.25, -0.2) is 0 Å². The Balaban J connectivity index is 2.53. The molecule has 0 aromatic heterocycles.